The van der Waals surface area contributed by atoms with E-state index in [9.17, 15) is 0 Å². The van der Waals surface area contributed by atoms with Crippen LogP contribution in [0.3, 0.4) is 0 Å². The summed E-state index contributed by atoms with van der Waals surface area (Å²) in [5, 5.41) is 0. The zero-order chi connectivity index (χ0) is 14.0. The summed E-state index contributed by atoms with van der Waals surface area (Å²) in [4.78, 5) is 13.9. The van der Waals surface area contributed by atoms with Crippen molar-refractivity contribution in [2.75, 3.05) is 38.1 Å². The van der Waals surface area contributed by atoms with Gasteiger partial charge in [0.2, 0.25) is 5.95 Å². The Morgan fingerprint density at radius 2 is 1.80 bits per heavy atom. The third-order valence-electron chi connectivity index (χ3n) is 5.16. The molecule has 20 heavy (non-hydrogen) atoms. The maximum Gasteiger partial charge on any atom is 0.225 e. The molecule has 0 amide bonds. The molecule has 0 radical (unpaired) electrons. The Hall–Kier alpha value is -1.16. The smallest absolute Gasteiger partial charge is 0.225 e. The molecule has 0 aromatic carbocycles. The van der Waals surface area contributed by atoms with E-state index >= 15 is 0 Å². The number of rotatable bonds is 1. The van der Waals surface area contributed by atoms with Gasteiger partial charge in [-0.1, -0.05) is 0 Å². The summed E-state index contributed by atoms with van der Waals surface area (Å²) < 4.78 is 0. The molecule has 4 heteroatoms. The SMILES string of the molecule is Cc1ccnc(N2CCC3(CCCN(C)CC3)CC2)n1. The van der Waals surface area contributed by atoms with Crippen LogP contribution in [0.5, 0.6) is 0 Å². The first-order valence-corrected chi connectivity index (χ1v) is 7.90. The van der Waals surface area contributed by atoms with Gasteiger partial charge < -0.3 is 9.80 Å². The molecule has 3 rings (SSSR count). The molecule has 0 bridgehead atoms. The first kappa shape index (κ1) is 13.8. The quantitative estimate of drug-likeness (QED) is 0.787. The van der Waals surface area contributed by atoms with Crippen LogP contribution in [0, 0.1) is 12.3 Å². The van der Waals surface area contributed by atoms with Gasteiger partial charge in [0.15, 0.2) is 0 Å². The normalized spacial score (nSPS) is 23.8. The van der Waals surface area contributed by atoms with Crippen LogP contribution in [0.25, 0.3) is 0 Å². The molecule has 110 valence electrons. The van der Waals surface area contributed by atoms with E-state index in [1.807, 2.05) is 19.2 Å². The van der Waals surface area contributed by atoms with Gasteiger partial charge in [-0.15, -0.1) is 0 Å². The van der Waals surface area contributed by atoms with Crippen molar-refractivity contribution < 1.29 is 0 Å². The molecule has 2 saturated heterocycles. The molecular weight excluding hydrogens is 248 g/mol. The first-order valence-electron chi connectivity index (χ1n) is 7.90. The summed E-state index contributed by atoms with van der Waals surface area (Å²) in [7, 11) is 2.26. The second-order valence-electron chi connectivity index (χ2n) is 6.64. The van der Waals surface area contributed by atoms with Crippen molar-refractivity contribution in [3.63, 3.8) is 0 Å². The molecule has 1 aromatic rings. The van der Waals surface area contributed by atoms with E-state index in [0.717, 1.165) is 24.7 Å². The third-order valence-corrected chi connectivity index (χ3v) is 5.16. The third kappa shape index (κ3) is 2.95. The fraction of sp³-hybridized carbons (Fsp3) is 0.750. The summed E-state index contributed by atoms with van der Waals surface area (Å²) in [6.45, 7) is 6.81. The summed E-state index contributed by atoms with van der Waals surface area (Å²) in [5.41, 5.74) is 1.65. The average molecular weight is 274 g/mol. The fourth-order valence-electron chi connectivity index (χ4n) is 3.66. The maximum atomic E-state index is 4.57. The number of aryl methyl sites for hydroxylation is 1. The van der Waals surface area contributed by atoms with Gasteiger partial charge in [-0.05, 0) is 70.6 Å². The summed E-state index contributed by atoms with van der Waals surface area (Å²) in [5.74, 6) is 0.922. The minimum Gasteiger partial charge on any atom is -0.341 e. The lowest BCUT2D eigenvalue weighted by Gasteiger charge is -2.41. The zero-order valence-electron chi connectivity index (χ0n) is 12.8. The van der Waals surface area contributed by atoms with Crippen LogP contribution in [-0.4, -0.2) is 48.1 Å². The maximum absolute atomic E-state index is 4.57. The molecule has 2 aliphatic rings. The van der Waals surface area contributed by atoms with Crippen molar-refractivity contribution in [1.82, 2.24) is 14.9 Å². The van der Waals surface area contributed by atoms with Crippen molar-refractivity contribution in [2.45, 2.75) is 39.0 Å². The monoisotopic (exact) mass is 274 g/mol. The van der Waals surface area contributed by atoms with Gasteiger partial charge in [0, 0.05) is 25.0 Å². The lowest BCUT2D eigenvalue weighted by atomic mass is 9.73. The predicted molar refractivity (Wildman–Crippen MR) is 82.0 cm³/mol. The van der Waals surface area contributed by atoms with Crippen LogP contribution in [0.4, 0.5) is 5.95 Å². The number of hydrogen-bond acceptors (Lipinski definition) is 4. The molecular formula is C16H26N4. The highest BCUT2D eigenvalue weighted by Crippen LogP contribution is 2.41. The molecule has 4 nitrogen and oxygen atoms in total. The Morgan fingerprint density at radius 3 is 2.55 bits per heavy atom. The van der Waals surface area contributed by atoms with Gasteiger partial charge in [0.05, 0.1) is 0 Å². The van der Waals surface area contributed by atoms with Gasteiger partial charge in [-0.2, -0.15) is 0 Å². The van der Waals surface area contributed by atoms with Crippen LogP contribution in [0.15, 0.2) is 12.3 Å². The second kappa shape index (κ2) is 5.68. The standard InChI is InChI=1S/C16H26N4/c1-14-4-9-17-15(18-14)20-12-7-16(8-13-20)5-3-10-19(2)11-6-16/h4,9H,3,5-8,10-13H2,1-2H3. The van der Waals surface area contributed by atoms with E-state index in [1.165, 1.54) is 45.2 Å². The Kier molecular flexibility index (Phi) is 3.92. The Bertz CT molecular complexity index is 452. The molecule has 2 aliphatic heterocycles. The molecule has 2 fully saturated rings. The number of aromatic nitrogens is 2. The van der Waals surface area contributed by atoms with Gasteiger partial charge in [-0.3, -0.25) is 0 Å². The molecule has 3 heterocycles. The fourth-order valence-corrected chi connectivity index (χ4v) is 3.66. The summed E-state index contributed by atoms with van der Waals surface area (Å²) >= 11 is 0. The topological polar surface area (TPSA) is 32.3 Å². The molecule has 0 N–H and O–H groups in total. The minimum atomic E-state index is 0.588. The van der Waals surface area contributed by atoms with Crippen molar-refractivity contribution in [3.05, 3.63) is 18.0 Å². The number of piperidine rings is 1. The lowest BCUT2D eigenvalue weighted by molar-refractivity contribution is 0.184. The lowest BCUT2D eigenvalue weighted by Crippen LogP contribution is -2.41. The van der Waals surface area contributed by atoms with Gasteiger partial charge in [-0.25, -0.2) is 9.97 Å². The zero-order valence-corrected chi connectivity index (χ0v) is 12.8. The summed E-state index contributed by atoms with van der Waals surface area (Å²) in [6, 6.07) is 1.97. The van der Waals surface area contributed by atoms with E-state index in [0.29, 0.717) is 5.41 Å². The number of hydrogen-bond donors (Lipinski definition) is 0. The van der Waals surface area contributed by atoms with Crippen molar-refractivity contribution in [1.29, 1.82) is 0 Å². The summed E-state index contributed by atoms with van der Waals surface area (Å²) in [6.07, 6.45) is 8.61. The van der Waals surface area contributed by atoms with E-state index < -0.39 is 0 Å². The van der Waals surface area contributed by atoms with Crippen LogP contribution in [-0.2, 0) is 0 Å². The predicted octanol–water partition coefficient (Wildman–Crippen LogP) is 2.49. The molecule has 1 spiro atoms. The van der Waals surface area contributed by atoms with Crippen LogP contribution < -0.4 is 4.90 Å². The number of nitrogens with zero attached hydrogens (tertiary/aromatic N) is 4. The minimum absolute atomic E-state index is 0.588. The van der Waals surface area contributed by atoms with Crippen molar-refractivity contribution >= 4 is 5.95 Å². The van der Waals surface area contributed by atoms with Crippen LogP contribution in [0.1, 0.15) is 37.8 Å². The number of likely N-dealkylation sites (tertiary alicyclic amines) is 1. The van der Waals surface area contributed by atoms with E-state index in [1.54, 1.807) is 0 Å². The highest BCUT2D eigenvalue weighted by molar-refractivity contribution is 5.31. The van der Waals surface area contributed by atoms with E-state index in [2.05, 4.69) is 26.8 Å². The largest absolute Gasteiger partial charge is 0.341 e. The Morgan fingerprint density at radius 1 is 1.05 bits per heavy atom. The number of anilines is 1. The van der Waals surface area contributed by atoms with Gasteiger partial charge >= 0.3 is 0 Å². The highest BCUT2D eigenvalue weighted by atomic mass is 15.3. The van der Waals surface area contributed by atoms with Gasteiger partial charge in [0.25, 0.3) is 0 Å². The molecule has 0 atom stereocenters. The Balaban J connectivity index is 1.64. The molecule has 0 saturated carbocycles. The molecule has 1 aromatic heterocycles. The molecule has 0 unspecified atom stereocenters. The van der Waals surface area contributed by atoms with Crippen molar-refractivity contribution in [2.24, 2.45) is 5.41 Å². The van der Waals surface area contributed by atoms with Crippen LogP contribution in [0.2, 0.25) is 0 Å². The van der Waals surface area contributed by atoms with E-state index in [4.69, 9.17) is 0 Å². The second-order valence-corrected chi connectivity index (χ2v) is 6.64. The average Bonchev–Trinajstić information content (AvgIpc) is 2.63. The molecule has 0 aliphatic carbocycles. The Labute approximate surface area is 122 Å². The highest BCUT2D eigenvalue weighted by Gasteiger charge is 2.36. The van der Waals surface area contributed by atoms with Crippen LogP contribution >= 0.6 is 0 Å². The first-order chi connectivity index (χ1) is 9.67. The van der Waals surface area contributed by atoms with Crippen molar-refractivity contribution in [3.8, 4) is 0 Å². The van der Waals surface area contributed by atoms with E-state index in [-0.39, 0.29) is 0 Å². The van der Waals surface area contributed by atoms with Gasteiger partial charge in [0.1, 0.15) is 0 Å².